The molecule has 3 N–H and O–H groups in total. The Labute approximate surface area is 107 Å². The van der Waals surface area contributed by atoms with Gasteiger partial charge in [0.25, 0.3) is 5.91 Å². The first kappa shape index (κ1) is 14.9. The van der Waals surface area contributed by atoms with Gasteiger partial charge in [-0.25, -0.2) is 0 Å². The van der Waals surface area contributed by atoms with E-state index in [1.54, 1.807) is 11.8 Å². The number of ether oxygens (including phenoxy) is 1. The quantitative estimate of drug-likeness (QED) is 0.703. The van der Waals surface area contributed by atoms with E-state index in [9.17, 15) is 9.59 Å². The maximum Gasteiger partial charge on any atom is 0.308 e. The largest absolute Gasteiger partial charge is 0.481 e. The summed E-state index contributed by atoms with van der Waals surface area (Å²) in [6.45, 7) is 4.56. The fourth-order valence-electron chi connectivity index (χ4n) is 2.05. The van der Waals surface area contributed by atoms with Crippen LogP contribution < -0.4 is 5.73 Å². The summed E-state index contributed by atoms with van der Waals surface area (Å²) < 4.78 is 5.53. The summed E-state index contributed by atoms with van der Waals surface area (Å²) in [5.41, 5.74) is 5.50. The molecular formula is C12H22N2O4. The molecule has 3 unspecified atom stereocenters. The molecule has 1 amide bonds. The second-order valence-electron chi connectivity index (χ2n) is 4.68. The number of amides is 1. The number of hydrogen-bond donors (Lipinski definition) is 2. The van der Waals surface area contributed by atoms with Crippen LogP contribution in [0.4, 0.5) is 0 Å². The standard InChI is InChI=1S/C12H22N2O4/c1-3-14(7-8(2)12(16)17)11(15)10-5-4-9(6-13)18-10/h8-10H,3-7,13H2,1-2H3,(H,16,17). The molecule has 0 aromatic carbocycles. The monoisotopic (exact) mass is 258 g/mol. The minimum Gasteiger partial charge on any atom is -0.481 e. The third-order valence-electron chi connectivity index (χ3n) is 3.26. The van der Waals surface area contributed by atoms with Crippen molar-refractivity contribution in [3.05, 3.63) is 0 Å². The van der Waals surface area contributed by atoms with Crippen molar-refractivity contribution in [2.24, 2.45) is 11.7 Å². The zero-order chi connectivity index (χ0) is 13.7. The van der Waals surface area contributed by atoms with Crippen LogP contribution in [-0.4, -0.2) is 53.7 Å². The first-order valence-corrected chi connectivity index (χ1v) is 6.36. The van der Waals surface area contributed by atoms with Gasteiger partial charge in [-0.05, 0) is 19.8 Å². The number of carboxylic acids is 1. The lowest BCUT2D eigenvalue weighted by Gasteiger charge is -2.25. The summed E-state index contributed by atoms with van der Waals surface area (Å²) in [4.78, 5) is 24.5. The van der Waals surface area contributed by atoms with Crippen molar-refractivity contribution < 1.29 is 19.4 Å². The van der Waals surface area contributed by atoms with Crippen LogP contribution in [0.1, 0.15) is 26.7 Å². The predicted molar refractivity (Wildman–Crippen MR) is 66.0 cm³/mol. The predicted octanol–water partition coefficient (Wildman–Crippen LogP) is 0.0619. The van der Waals surface area contributed by atoms with E-state index in [4.69, 9.17) is 15.6 Å². The fourth-order valence-corrected chi connectivity index (χ4v) is 2.05. The van der Waals surface area contributed by atoms with E-state index in [1.807, 2.05) is 6.92 Å². The van der Waals surface area contributed by atoms with Crippen molar-refractivity contribution in [2.45, 2.75) is 38.9 Å². The first-order valence-electron chi connectivity index (χ1n) is 6.36. The van der Waals surface area contributed by atoms with Crippen molar-refractivity contribution in [1.29, 1.82) is 0 Å². The van der Waals surface area contributed by atoms with Gasteiger partial charge >= 0.3 is 5.97 Å². The second kappa shape index (κ2) is 6.70. The van der Waals surface area contributed by atoms with E-state index in [0.717, 1.165) is 6.42 Å². The van der Waals surface area contributed by atoms with Crippen LogP contribution in [-0.2, 0) is 14.3 Å². The maximum atomic E-state index is 12.2. The molecule has 0 spiro atoms. The molecule has 0 aromatic rings. The minimum atomic E-state index is -0.895. The summed E-state index contributed by atoms with van der Waals surface area (Å²) in [6.07, 6.45) is 0.950. The molecule has 1 saturated heterocycles. The van der Waals surface area contributed by atoms with Crippen LogP contribution in [0.2, 0.25) is 0 Å². The molecule has 1 heterocycles. The van der Waals surface area contributed by atoms with Crippen LogP contribution in [0.25, 0.3) is 0 Å². The van der Waals surface area contributed by atoms with E-state index >= 15 is 0 Å². The Bertz CT molecular complexity index is 308. The lowest BCUT2D eigenvalue weighted by atomic mass is 10.1. The number of rotatable bonds is 6. The summed E-state index contributed by atoms with van der Waals surface area (Å²) in [5.74, 6) is -1.59. The number of likely N-dealkylation sites (N-methyl/N-ethyl adjacent to an activating group) is 1. The summed E-state index contributed by atoms with van der Waals surface area (Å²) in [7, 11) is 0. The lowest BCUT2D eigenvalue weighted by molar-refractivity contribution is -0.146. The lowest BCUT2D eigenvalue weighted by Crippen LogP contribution is -2.42. The van der Waals surface area contributed by atoms with Gasteiger partial charge < -0.3 is 20.5 Å². The van der Waals surface area contributed by atoms with Gasteiger partial charge in [0.05, 0.1) is 12.0 Å². The number of nitrogens with zero attached hydrogens (tertiary/aromatic N) is 1. The molecule has 6 nitrogen and oxygen atoms in total. The van der Waals surface area contributed by atoms with Crippen molar-refractivity contribution in [3.63, 3.8) is 0 Å². The van der Waals surface area contributed by atoms with Gasteiger partial charge in [0.1, 0.15) is 6.10 Å². The van der Waals surface area contributed by atoms with Crippen molar-refractivity contribution in [3.8, 4) is 0 Å². The summed E-state index contributed by atoms with van der Waals surface area (Å²) in [6, 6.07) is 0. The Morgan fingerprint density at radius 2 is 2.17 bits per heavy atom. The number of carbonyl (C=O) groups excluding carboxylic acids is 1. The molecule has 0 saturated carbocycles. The van der Waals surface area contributed by atoms with E-state index < -0.39 is 18.0 Å². The van der Waals surface area contributed by atoms with Gasteiger partial charge in [0.2, 0.25) is 0 Å². The van der Waals surface area contributed by atoms with Gasteiger partial charge in [-0.3, -0.25) is 9.59 Å². The van der Waals surface area contributed by atoms with Crippen LogP contribution in [0.3, 0.4) is 0 Å². The van der Waals surface area contributed by atoms with E-state index in [1.165, 1.54) is 0 Å². The van der Waals surface area contributed by atoms with Gasteiger partial charge in [-0.15, -0.1) is 0 Å². The molecule has 6 heteroatoms. The normalized spacial score (nSPS) is 24.8. The van der Waals surface area contributed by atoms with Gasteiger partial charge in [0, 0.05) is 19.6 Å². The van der Waals surface area contributed by atoms with Crippen LogP contribution >= 0.6 is 0 Å². The zero-order valence-electron chi connectivity index (χ0n) is 11.0. The summed E-state index contributed by atoms with van der Waals surface area (Å²) in [5, 5.41) is 8.87. The molecular weight excluding hydrogens is 236 g/mol. The number of aliphatic carboxylic acids is 1. The highest BCUT2D eigenvalue weighted by Crippen LogP contribution is 2.21. The Hall–Kier alpha value is -1.14. The number of nitrogens with two attached hydrogens (primary N) is 1. The molecule has 1 rings (SSSR count). The molecule has 0 aliphatic carbocycles. The highest BCUT2D eigenvalue weighted by atomic mass is 16.5. The average molecular weight is 258 g/mol. The maximum absolute atomic E-state index is 12.2. The van der Waals surface area contributed by atoms with Crippen LogP contribution in [0.5, 0.6) is 0 Å². The van der Waals surface area contributed by atoms with Crippen molar-refractivity contribution in [1.82, 2.24) is 4.90 Å². The van der Waals surface area contributed by atoms with Crippen molar-refractivity contribution >= 4 is 11.9 Å². The third kappa shape index (κ3) is 3.68. The van der Waals surface area contributed by atoms with Crippen molar-refractivity contribution in [2.75, 3.05) is 19.6 Å². The Morgan fingerprint density at radius 3 is 2.61 bits per heavy atom. The Balaban J connectivity index is 2.54. The van der Waals surface area contributed by atoms with Crippen LogP contribution in [0.15, 0.2) is 0 Å². The van der Waals surface area contributed by atoms with Gasteiger partial charge in [-0.1, -0.05) is 6.92 Å². The molecule has 104 valence electrons. The third-order valence-corrected chi connectivity index (χ3v) is 3.26. The highest BCUT2D eigenvalue weighted by Gasteiger charge is 2.33. The molecule has 1 aliphatic heterocycles. The molecule has 1 fully saturated rings. The molecule has 0 radical (unpaired) electrons. The topological polar surface area (TPSA) is 92.9 Å². The zero-order valence-corrected chi connectivity index (χ0v) is 11.0. The van der Waals surface area contributed by atoms with Gasteiger partial charge in [-0.2, -0.15) is 0 Å². The SMILES string of the molecule is CCN(CC(C)C(=O)O)C(=O)C1CCC(CN)O1. The molecule has 1 aliphatic rings. The van der Waals surface area contributed by atoms with E-state index in [-0.39, 0.29) is 18.6 Å². The first-order chi connectivity index (χ1) is 8.49. The van der Waals surface area contributed by atoms with E-state index in [2.05, 4.69) is 0 Å². The van der Waals surface area contributed by atoms with E-state index in [0.29, 0.717) is 19.5 Å². The second-order valence-corrected chi connectivity index (χ2v) is 4.68. The number of hydrogen-bond acceptors (Lipinski definition) is 4. The molecule has 18 heavy (non-hydrogen) atoms. The minimum absolute atomic E-state index is 0.0467. The summed E-state index contributed by atoms with van der Waals surface area (Å²) >= 11 is 0. The van der Waals surface area contributed by atoms with Crippen LogP contribution in [0, 0.1) is 5.92 Å². The Morgan fingerprint density at radius 1 is 1.50 bits per heavy atom. The number of carboxylic acid groups (broad SMARTS) is 1. The fraction of sp³-hybridized carbons (Fsp3) is 0.833. The smallest absolute Gasteiger partial charge is 0.308 e. The molecule has 3 atom stereocenters. The Kier molecular flexibility index (Phi) is 5.55. The molecule has 0 aromatic heterocycles. The number of carbonyl (C=O) groups is 2. The van der Waals surface area contributed by atoms with Gasteiger partial charge in [0.15, 0.2) is 0 Å². The molecule has 0 bridgehead atoms. The average Bonchev–Trinajstić information content (AvgIpc) is 2.83. The highest BCUT2D eigenvalue weighted by molar-refractivity contribution is 5.82.